The number of benzene rings is 1. The normalized spacial score (nSPS) is 18.4. The Balaban J connectivity index is 2.16. The number of amides is 3. The standard InChI is InChI=1S/C13H18N4O2/c14-8-11-5-2-6-17(11)12(18)9-3-1-4-10(7-9)16-13(15)19/h1,3-4,7,11H,2,5-6,8,14H2,(H3,15,16,19). The Labute approximate surface area is 111 Å². The van der Waals surface area contributed by atoms with Gasteiger partial charge in [0.05, 0.1) is 0 Å². The summed E-state index contributed by atoms with van der Waals surface area (Å²) >= 11 is 0. The highest BCUT2D eigenvalue weighted by molar-refractivity contribution is 5.97. The molecule has 0 bridgehead atoms. The molecule has 0 aromatic heterocycles. The van der Waals surface area contributed by atoms with Gasteiger partial charge in [0.25, 0.3) is 5.91 Å². The van der Waals surface area contributed by atoms with Gasteiger partial charge >= 0.3 is 6.03 Å². The summed E-state index contributed by atoms with van der Waals surface area (Å²) in [6, 6.07) is 6.21. The first-order valence-electron chi connectivity index (χ1n) is 6.29. The minimum atomic E-state index is -0.648. The van der Waals surface area contributed by atoms with Gasteiger partial charge in [-0.3, -0.25) is 4.79 Å². The Morgan fingerprint density at radius 2 is 2.21 bits per heavy atom. The lowest BCUT2D eigenvalue weighted by atomic mass is 10.1. The third-order valence-electron chi connectivity index (χ3n) is 3.29. The summed E-state index contributed by atoms with van der Waals surface area (Å²) < 4.78 is 0. The van der Waals surface area contributed by atoms with Crippen LogP contribution in [0.2, 0.25) is 0 Å². The summed E-state index contributed by atoms with van der Waals surface area (Å²) in [6.45, 7) is 1.21. The molecule has 6 nitrogen and oxygen atoms in total. The number of nitrogens with zero attached hydrogens (tertiary/aromatic N) is 1. The molecule has 0 aliphatic carbocycles. The number of hydrogen-bond donors (Lipinski definition) is 3. The number of nitrogens with two attached hydrogens (primary N) is 2. The highest BCUT2D eigenvalue weighted by Crippen LogP contribution is 2.20. The number of carbonyl (C=O) groups is 2. The number of carbonyl (C=O) groups excluding carboxylic acids is 2. The Morgan fingerprint density at radius 1 is 1.42 bits per heavy atom. The van der Waals surface area contributed by atoms with E-state index in [0.29, 0.717) is 17.8 Å². The van der Waals surface area contributed by atoms with Gasteiger partial charge in [0, 0.05) is 30.4 Å². The van der Waals surface area contributed by atoms with Crippen LogP contribution in [0.3, 0.4) is 0 Å². The largest absolute Gasteiger partial charge is 0.351 e. The van der Waals surface area contributed by atoms with E-state index >= 15 is 0 Å². The number of urea groups is 1. The van der Waals surface area contributed by atoms with Gasteiger partial charge < -0.3 is 21.7 Å². The lowest BCUT2D eigenvalue weighted by molar-refractivity contribution is 0.0741. The molecule has 1 fully saturated rings. The molecule has 0 spiro atoms. The van der Waals surface area contributed by atoms with Crippen LogP contribution in [0.1, 0.15) is 23.2 Å². The van der Waals surface area contributed by atoms with E-state index in [0.717, 1.165) is 19.4 Å². The van der Waals surface area contributed by atoms with Crippen molar-refractivity contribution in [1.29, 1.82) is 0 Å². The molecule has 19 heavy (non-hydrogen) atoms. The molecule has 1 heterocycles. The molecule has 1 aliphatic heterocycles. The maximum Gasteiger partial charge on any atom is 0.316 e. The summed E-state index contributed by atoms with van der Waals surface area (Å²) in [4.78, 5) is 25.0. The first kappa shape index (κ1) is 13.4. The average Bonchev–Trinajstić information content (AvgIpc) is 2.85. The first-order valence-corrected chi connectivity index (χ1v) is 6.29. The maximum absolute atomic E-state index is 12.4. The summed E-state index contributed by atoms with van der Waals surface area (Å²) in [6.07, 6.45) is 1.92. The highest BCUT2D eigenvalue weighted by atomic mass is 16.2. The molecular weight excluding hydrogens is 244 g/mol. The van der Waals surface area contributed by atoms with Gasteiger partial charge in [-0.2, -0.15) is 0 Å². The molecule has 1 saturated heterocycles. The van der Waals surface area contributed by atoms with Gasteiger partial charge in [0.1, 0.15) is 0 Å². The van der Waals surface area contributed by atoms with Crippen LogP contribution in [-0.2, 0) is 0 Å². The molecule has 0 saturated carbocycles. The molecular formula is C13H18N4O2. The lowest BCUT2D eigenvalue weighted by Gasteiger charge is -2.23. The Bertz CT molecular complexity index is 489. The summed E-state index contributed by atoms with van der Waals surface area (Å²) in [5.41, 5.74) is 11.8. The monoisotopic (exact) mass is 262 g/mol. The molecule has 1 aromatic rings. The molecule has 6 heteroatoms. The minimum absolute atomic E-state index is 0.0546. The van der Waals surface area contributed by atoms with Crippen molar-refractivity contribution in [3.05, 3.63) is 29.8 Å². The van der Waals surface area contributed by atoms with Crippen molar-refractivity contribution in [2.75, 3.05) is 18.4 Å². The molecule has 1 unspecified atom stereocenters. The smallest absolute Gasteiger partial charge is 0.316 e. The topological polar surface area (TPSA) is 101 Å². The molecule has 5 N–H and O–H groups in total. The maximum atomic E-state index is 12.4. The van der Waals surface area contributed by atoms with Gasteiger partial charge in [-0.25, -0.2) is 4.79 Å². The SMILES string of the molecule is NCC1CCCN1C(=O)c1cccc(NC(N)=O)c1. The average molecular weight is 262 g/mol. The second-order valence-corrected chi connectivity index (χ2v) is 4.60. The van der Waals surface area contributed by atoms with Crippen molar-refractivity contribution in [1.82, 2.24) is 4.90 Å². The van der Waals surface area contributed by atoms with Crippen molar-refractivity contribution in [2.45, 2.75) is 18.9 Å². The fraction of sp³-hybridized carbons (Fsp3) is 0.385. The minimum Gasteiger partial charge on any atom is -0.351 e. The molecule has 3 amide bonds. The predicted molar refractivity (Wildman–Crippen MR) is 72.8 cm³/mol. The summed E-state index contributed by atoms with van der Waals surface area (Å²) in [7, 11) is 0. The van der Waals surface area contributed by atoms with Crippen molar-refractivity contribution < 1.29 is 9.59 Å². The molecule has 2 rings (SSSR count). The Morgan fingerprint density at radius 3 is 2.89 bits per heavy atom. The number of hydrogen-bond acceptors (Lipinski definition) is 3. The van der Waals surface area contributed by atoms with Gasteiger partial charge in [-0.05, 0) is 31.0 Å². The van der Waals surface area contributed by atoms with Crippen LogP contribution in [0.4, 0.5) is 10.5 Å². The van der Waals surface area contributed by atoms with Gasteiger partial charge in [-0.1, -0.05) is 6.07 Å². The van der Waals surface area contributed by atoms with Crippen molar-refractivity contribution >= 4 is 17.6 Å². The fourth-order valence-electron chi connectivity index (χ4n) is 2.39. The number of rotatable bonds is 3. The van der Waals surface area contributed by atoms with E-state index in [1.165, 1.54) is 0 Å². The van der Waals surface area contributed by atoms with Crippen molar-refractivity contribution in [3.63, 3.8) is 0 Å². The van der Waals surface area contributed by atoms with E-state index in [4.69, 9.17) is 11.5 Å². The third kappa shape index (κ3) is 3.03. The number of primary amides is 1. The Kier molecular flexibility index (Phi) is 4.01. The van der Waals surface area contributed by atoms with Crippen LogP contribution >= 0.6 is 0 Å². The molecule has 102 valence electrons. The zero-order valence-electron chi connectivity index (χ0n) is 10.6. The number of nitrogens with one attached hydrogen (secondary N) is 1. The van der Waals surface area contributed by atoms with Crippen LogP contribution in [0.15, 0.2) is 24.3 Å². The molecule has 0 radical (unpaired) electrons. The molecule has 1 aromatic carbocycles. The zero-order chi connectivity index (χ0) is 13.8. The third-order valence-corrected chi connectivity index (χ3v) is 3.29. The van der Waals surface area contributed by atoms with Gasteiger partial charge in [-0.15, -0.1) is 0 Å². The summed E-state index contributed by atoms with van der Waals surface area (Å²) in [5, 5.41) is 2.46. The lowest BCUT2D eigenvalue weighted by Crippen LogP contribution is -2.39. The fourth-order valence-corrected chi connectivity index (χ4v) is 2.39. The van der Waals surface area contributed by atoms with Crippen LogP contribution in [0, 0.1) is 0 Å². The van der Waals surface area contributed by atoms with E-state index < -0.39 is 6.03 Å². The van der Waals surface area contributed by atoms with Gasteiger partial charge in [0.15, 0.2) is 0 Å². The van der Waals surface area contributed by atoms with Crippen LogP contribution in [-0.4, -0.2) is 36.0 Å². The number of likely N-dealkylation sites (tertiary alicyclic amines) is 1. The van der Waals surface area contributed by atoms with Crippen molar-refractivity contribution in [2.24, 2.45) is 11.5 Å². The van der Waals surface area contributed by atoms with E-state index in [1.807, 2.05) is 0 Å². The zero-order valence-corrected chi connectivity index (χ0v) is 10.6. The van der Waals surface area contributed by atoms with E-state index in [9.17, 15) is 9.59 Å². The molecule has 1 atom stereocenters. The second kappa shape index (κ2) is 5.71. The molecule has 1 aliphatic rings. The van der Waals surface area contributed by atoms with Gasteiger partial charge in [0.2, 0.25) is 0 Å². The van der Waals surface area contributed by atoms with Crippen LogP contribution in [0.25, 0.3) is 0 Å². The number of anilines is 1. The second-order valence-electron chi connectivity index (χ2n) is 4.60. The van der Waals surface area contributed by atoms with E-state index in [-0.39, 0.29) is 11.9 Å². The van der Waals surface area contributed by atoms with Crippen LogP contribution < -0.4 is 16.8 Å². The highest BCUT2D eigenvalue weighted by Gasteiger charge is 2.28. The van der Waals surface area contributed by atoms with E-state index in [2.05, 4.69) is 5.32 Å². The predicted octanol–water partition coefficient (Wildman–Crippen LogP) is 0.740. The Hall–Kier alpha value is -2.08. The van der Waals surface area contributed by atoms with Crippen LogP contribution in [0.5, 0.6) is 0 Å². The first-order chi connectivity index (χ1) is 9.11. The van der Waals surface area contributed by atoms with Crippen molar-refractivity contribution in [3.8, 4) is 0 Å². The quantitative estimate of drug-likeness (QED) is 0.748. The van der Waals surface area contributed by atoms with E-state index in [1.54, 1.807) is 29.2 Å². The summed E-state index contributed by atoms with van der Waals surface area (Å²) in [5.74, 6) is -0.0546.